The average molecular weight is 393 g/mol. The second-order valence-electron chi connectivity index (χ2n) is 11.5. The molecule has 160 valence electrons. The van der Waals surface area contributed by atoms with Crippen LogP contribution in [0.25, 0.3) is 0 Å². The topological polar surface area (TPSA) is 58.9 Å². The Kier molecular flexibility index (Phi) is 4.90. The van der Waals surface area contributed by atoms with Crippen molar-refractivity contribution in [3.8, 4) is 0 Å². The molecule has 4 aliphatic carbocycles. The molecular weight excluding hydrogens is 352 g/mol. The van der Waals surface area contributed by atoms with Gasteiger partial charge in [0, 0.05) is 12.5 Å². The molecule has 0 aromatic carbocycles. The number of aliphatic hydroxyl groups excluding tert-OH is 1. The molecule has 0 bridgehead atoms. The molecule has 2 N–H and O–H groups in total. The van der Waals surface area contributed by atoms with Crippen LogP contribution in [0.5, 0.6) is 0 Å². The number of hydrogen-bond acceptors (Lipinski definition) is 4. The maximum atomic E-state index is 10.9. The van der Waals surface area contributed by atoms with Crippen LogP contribution in [0.2, 0.25) is 0 Å². The third-order valence-corrected chi connectivity index (χ3v) is 10.4. The van der Waals surface area contributed by atoms with Crippen molar-refractivity contribution < 1.29 is 19.7 Å². The summed E-state index contributed by atoms with van der Waals surface area (Å²) < 4.78 is 10.9. The van der Waals surface area contributed by atoms with Crippen LogP contribution in [0.15, 0.2) is 0 Å². The van der Waals surface area contributed by atoms with Gasteiger partial charge in [-0.1, -0.05) is 6.92 Å². The van der Waals surface area contributed by atoms with E-state index in [1.807, 2.05) is 0 Å². The van der Waals surface area contributed by atoms with Gasteiger partial charge in [0.2, 0.25) is 0 Å². The zero-order valence-corrected chi connectivity index (χ0v) is 17.9. The quantitative estimate of drug-likeness (QED) is 0.767. The van der Waals surface area contributed by atoms with Gasteiger partial charge in [-0.2, -0.15) is 0 Å². The first-order valence-corrected chi connectivity index (χ1v) is 11.8. The lowest BCUT2D eigenvalue weighted by Crippen LogP contribution is -2.57. The monoisotopic (exact) mass is 392 g/mol. The van der Waals surface area contributed by atoms with Gasteiger partial charge in [0.25, 0.3) is 0 Å². The normalized spacial score (nSPS) is 52.3. The molecule has 5 fully saturated rings. The third kappa shape index (κ3) is 2.77. The molecule has 0 amide bonds. The summed E-state index contributed by atoms with van der Waals surface area (Å²) in [7, 11) is 1.71. The highest BCUT2D eigenvalue weighted by Crippen LogP contribution is 2.67. The van der Waals surface area contributed by atoms with Crippen LogP contribution in [-0.2, 0) is 9.47 Å². The number of hydrogen-bond donors (Lipinski definition) is 2. The van der Waals surface area contributed by atoms with E-state index < -0.39 is 5.60 Å². The maximum Gasteiger partial charge on any atom is 0.0882 e. The second kappa shape index (κ2) is 6.93. The molecule has 0 radical (unpaired) electrons. The van der Waals surface area contributed by atoms with Crippen LogP contribution in [-0.4, -0.2) is 49.4 Å². The first-order valence-electron chi connectivity index (χ1n) is 11.8. The molecule has 0 aromatic heterocycles. The fraction of sp³-hybridized carbons (Fsp3) is 1.00. The smallest absolute Gasteiger partial charge is 0.0882 e. The minimum atomic E-state index is -0.581. The van der Waals surface area contributed by atoms with Crippen molar-refractivity contribution in [3.63, 3.8) is 0 Å². The van der Waals surface area contributed by atoms with Gasteiger partial charge in [-0.05, 0) is 98.7 Å². The Bertz CT molecular complexity index is 584. The fourth-order valence-electron chi connectivity index (χ4n) is 9.14. The number of ether oxygens (including phenoxy) is 2. The lowest BCUT2D eigenvalue weighted by molar-refractivity contribution is -0.200. The van der Waals surface area contributed by atoms with E-state index in [0.29, 0.717) is 30.5 Å². The summed E-state index contributed by atoms with van der Waals surface area (Å²) in [6.07, 6.45) is 11.0. The van der Waals surface area contributed by atoms with E-state index in [4.69, 9.17) is 9.47 Å². The standard InChI is InChI=1S/C24H40O4/c1-22-9-7-18-17-8-10-24(26,15-27-2)11-16(17)3-4-19(18)20(22)5-6-21(22)23(12-25)13-28-14-23/h16-21,25-26H,3-15H2,1-2H3/t16-,17+,18-,19-,20+,21+,22+,24-/m1/s1. The SMILES string of the molecule is COC[C@@]1(O)CC[C@H]2[C@H](CC[C@@H]3[C@@H]2CC[C@]2(C)[C@@H](C4(CO)COC4)CC[C@@H]32)C1. The van der Waals surface area contributed by atoms with Crippen molar-refractivity contribution in [1.82, 2.24) is 0 Å². The predicted molar refractivity (Wildman–Crippen MR) is 108 cm³/mol. The molecule has 1 saturated heterocycles. The molecule has 8 atom stereocenters. The Morgan fingerprint density at radius 2 is 1.75 bits per heavy atom. The van der Waals surface area contributed by atoms with Gasteiger partial charge < -0.3 is 19.7 Å². The van der Waals surface area contributed by atoms with E-state index in [2.05, 4.69) is 6.92 Å². The van der Waals surface area contributed by atoms with E-state index in [0.717, 1.165) is 49.7 Å². The van der Waals surface area contributed by atoms with Crippen molar-refractivity contribution in [2.45, 2.75) is 70.3 Å². The minimum Gasteiger partial charge on any atom is -0.396 e. The summed E-state index contributed by atoms with van der Waals surface area (Å²) in [5.41, 5.74) is -0.136. The molecule has 4 heteroatoms. The van der Waals surface area contributed by atoms with Gasteiger partial charge in [-0.3, -0.25) is 0 Å². The van der Waals surface area contributed by atoms with Gasteiger partial charge >= 0.3 is 0 Å². The van der Waals surface area contributed by atoms with E-state index >= 15 is 0 Å². The van der Waals surface area contributed by atoms with Crippen molar-refractivity contribution in [2.24, 2.45) is 46.3 Å². The van der Waals surface area contributed by atoms with Crippen LogP contribution < -0.4 is 0 Å². The minimum absolute atomic E-state index is 0.0506. The molecule has 4 saturated carbocycles. The highest BCUT2D eigenvalue weighted by molar-refractivity contribution is 5.11. The predicted octanol–water partition coefficient (Wildman–Crippen LogP) is 3.64. The summed E-state index contributed by atoms with van der Waals surface area (Å²) in [4.78, 5) is 0. The fourth-order valence-corrected chi connectivity index (χ4v) is 9.14. The Balaban J connectivity index is 1.33. The van der Waals surface area contributed by atoms with Gasteiger partial charge in [0.05, 0.1) is 32.0 Å². The number of methoxy groups -OCH3 is 1. The summed E-state index contributed by atoms with van der Waals surface area (Å²) >= 11 is 0. The molecule has 1 aliphatic heterocycles. The van der Waals surface area contributed by atoms with E-state index in [-0.39, 0.29) is 5.41 Å². The molecular formula is C24H40O4. The zero-order chi connectivity index (χ0) is 19.6. The summed E-state index contributed by atoms with van der Waals surface area (Å²) in [5.74, 6) is 4.72. The zero-order valence-electron chi connectivity index (χ0n) is 17.9. The summed E-state index contributed by atoms with van der Waals surface area (Å²) in [6, 6.07) is 0. The Morgan fingerprint density at radius 1 is 0.964 bits per heavy atom. The van der Waals surface area contributed by atoms with Crippen LogP contribution in [0.1, 0.15) is 64.7 Å². The van der Waals surface area contributed by atoms with Crippen LogP contribution in [0.3, 0.4) is 0 Å². The van der Waals surface area contributed by atoms with Crippen LogP contribution in [0.4, 0.5) is 0 Å². The van der Waals surface area contributed by atoms with Crippen molar-refractivity contribution in [2.75, 3.05) is 33.5 Å². The lowest BCUT2D eigenvalue weighted by Gasteiger charge is -2.59. The number of rotatable bonds is 4. The Morgan fingerprint density at radius 3 is 2.43 bits per heavy atom. The van der Waals surface area contributed by atoms with Crippen molar-refractivity contribution in [1.29, 1.82) is 0 Å². The molecule has 5 aliphatic rings. The van der Waals surface area contributed by atoms with Crippen molar-refractivity contribution >= 4 is 0 Å². The molecule has 0 aromatic rings. The largest absolute Gasteiger partial charge is 0.396 e. The van der Waals surface area contributed by atoms with E-state index in [1.54, 1.807) is 7.11 Å². The first kappa shape index (κ1) is 19.8. The lowest BCUT2D eigenvalue weighted by atomic mass is 9.47. The number of fused-ring (bicyclic) bond motifs is 5. The molecule has 5 rings (SSSR count). The van der Waals surface area contributed by atoms with Gasteiger partial charge in [0.15, 0.2) is 0 Å². The third-order valence-electron chi connectivity index (χ3n) is 10.4. The maximum absolute atomic E-state index is 10.9. The highest BCUT2D eigenvalue weighted by atomic mass is 16.5. The summed E-state index contributed by atoms with van der Waals surface area (Å²) in [6.45, 7) is 4.90. The molecule has 28 heavy (non-hydrogen) atoms. The van der Waals surface area contributed by atoms with Crippen molar-refractivity contribution in [3.05, 3.63) is 0 Å². The van der Waals surface area contributed by atoms with E-state index in [9.17, 15) is 10.2 Å². The molecule has 1 heterocycles. The van der Waals surface area contributed by atoms with E-state index in [1.165, 1.54) is 44.9 Å². The second-order valence-corrected chi connectivity index (χ2v) is 11.5. The van der Waals surface area contributed by atoms with Gasteiger partial charge in [0.1, 0.15) is 0 Å². The number of aliphatic hydroxyl groups is 2. The highest BCUT2D eigenvalue weighted by Gasteiger charge is 2.63. The van der Waals surface area contributed by atoms with Gasteiger partial charge in [-0.15, -0.1) is 0 Å². The van der Waals surface area contributed by atoms with Crippen LogP contribution in [0, 0.1) is 46.3 Å². The Labute approximate surface area is 170 Å². The van der Waals surface area contributed by atoms with Crippen LogP contribution >= 0.6 is 0 Å². The Hall–Kier alpha value is -0.160. The average Bonchev–Trinajstić information content (AvgIpc) is 2.99. The van der Waals surface area contributed by atoms with Gasteiger partial charge in [-0.25, -0.2) is 0 Å². The molecule has 0 unspecified atom stereocenters. The summed E-state index contributed by atoms with van der Waals surface area (Å²) in [5, 5.41) is 21.1. The first-order chi connectivity index (χ1) is 13.4. The molecule has 0 spiro atoms. The molecule has 4 nitrogen and oxygen atoms in total.